The third kappa shape index (κ3) is 1.86. The molecule has 0 amide bonds. The first-order valence-electron chi connectivity index (χ1n) is 5.24. The van der Waals surface area contributed by atoms with Gasteiger partial charge in [0.25, 0.3) is 17.4 Å². The van der Waals surface area contributed by atoms with Crippen LogP contribution in [0.2, 0.25) is 0 Å². The van der Waals surface area contributed by atoms with Gasteiger partial charge in [-0.2, -0.15) is 4.89 Å². The van der Waals surface area contributed by atoms with E-state index < -0.39 is 29.6 Å². The average molecular weight is 254 g/mol. The smallest absolute Gasteiger partial charge is 0.280 e. The van der Waals surface area contributed by atoms with Crippen LogP contribution in [-0.2, 0) is 9.62 Å². The van der Waals surface area contributed by atoms with Crippen molar-refractivity contribution in [3.8, 4) is 0 Å². The summed E-state index contributed by atoms with van der Waals surface area (Å²) in [6, 6.07) is 0. The summed E-state index contributed by atoms with van der Waals surface area (Å²) in [5.41, 5.74) is 0. The van der Waals surface area contributed by atoms with Crippen LogP contribution in [-0.4, -0.2) is 60.4 Å². The second-order valence-corrected chi connectivity index (χ2v) is 4.26. The molecule has 1 fully saturated rings. The van der Waals surface area contributed by atoms with Gasteiger partial charge in [0.1, 0.15) is 6.10 Å². The van der Waals surface area contributed by atoms with Crippen LogP contribution in [0.5, 0.6) is 0 Å². The molecular formula is C9H18O8. The molecule has 0 radical (unpaired) electrons. The second-order valence-electron chi connectivity index (χ2n) is 4.26. The Hall–Kier alpha value is -0.320. The summed E-state index contributed by atoms with van der Waals surface area (Å²) in [5, 5.41) is 56.8. The first kappa shape index (κ1) is 14.7. The highest BCUT2D eigenvalue weighted by Gasteiger charge is 2.72. The van der Waals surface area contributed by atoms with E-state index in [1.54, 1.807) is 6.92 Å². The molecule has 6 N–H and O–H groups in total. The van der Waals surface area contributed by atoms with Crippen LogP contribution in [0.4, 0.5) is 0 Å². The number of hydrogen-bond donors (Lipinski definition) is 6. The van der Waals surface area contributed by atoms with Crippen molar-refractivity contribution in [2.24, 2.45) is 0 Å². The molecule has 0 bridgehead atoms. The summed E-state index contributed by atoms with van der Waals surface area (Å²) in [6.07, 6.45) is -3.09. The standard InChI is InChI=1S/C9H18O8/c1-3-4-7(17-15)9(13,14)8(11,12)6(10)5(2)16-7/h5-6,10-15H,3-4H2,1-2H3/t5-,6-,7?/m1/s1. The lowest BCUT2D eigenvalue weighted by Crippen LogP contribution is -2.79. The van der Waals surface area contributed by atoms with Crippen molar-refractivity contribution in [2.75, 3.05) is 0 Å². The highest BCUT2D eigenvalue weighted by molar-refractivity contribution is 5.04. The molecular weight excluding hydrogens is 236 g/mol. The summed E-state index contributed by atoms with van der Waals surface area (Å²) in [6.45, 7) is 2.90. The van der Waals surface area contributed by atoms with E-state index in [1.807, 2.05) is 0 Å². The third-order valence-corrected chi connectivity index (χ3v) is 3.00. The van der Waals surface area contributed by atoms with Crippen LogP contribution in [0.1, 0.15) is 26.7 Å². The Labute approximate surface area is 97.6 Å². The number of aliphatic hydroxyl groups is 5. The van der Waals surface area contributed by atoms with Crippen LogP contribution in [0, 0.1) is 0 Å². The Balaban J connectivity index is 3.23. The lowest BCUT2D eigenvalue weighted by molar-refractivity contribution is -0.562. The van der Waals surface area contributed by atoms with Gasteiger partial charge in [-0.25, -0.2) is 5.26 Å². The van der Waals surface area contributed by atoms with E-state index in [9.17, 15) is 25.5 Å². The van der Waals surface area contributed by atoms with Crippen molar-refractivity contribution in [2.45, 2.75) is 56.3 Å². The Kier molecular flexibility index (Phi) is 3.82. The first-order valence-corrected chi connectivity index (χ1v) is 5.24. The number of aliphatic hydroxyl groups excluding tert-OH is 1. The second kappa shape index (κ2) is 4.41. The molecule has 0 spiro atoms. The Bertz CT molecular complexity index is 278. The maximum Gasteiger partial charge on any atom is 0.280 e. The molecule has 1 heterocycles. The monoisotopic (exact) mass is 254 g/mol. The minimum atomic E-state index is -3.39. The van der Waals surface area contributed by atoms with E-state index in [-0.39, 0.29) is 6.42 Å². The first-order chi connectivity index (χ1) is 7.66. The molecule has 1 rings (SSSR count). The van der Waals surface area contributed by atoms with Crippen molar-refractivity contribution < 1.29 is 40.4 Å². The predicted octanol–water partition coefficient (Wildman–Crippen LogP) is -1.89. The molecule has 17 heavy (non-hydrogen) atoms. The number of ether oxygens (including phenoxy) is 1. The summed E-state index contributed by atoms with van der Waals surface area (Å²) < 4.78 is 4.98. The van der Waals surface area contributed by atoms with Gasteiger partial charge < -0.3 is 30.3 Å². The van der Waals surface area contributed by atoms with Crippen LogP contribution < -0.4 is 0 Å². The molecule has 1 saturated heterocycles. The lowest BCUT2D eigenvalue weighted by atomic mass is 9.84. The van der Waals surface area contributed by atoms with Crippen LogP contribution in [0.15, 0.2) is 0 Å². The van der Waals surface area contributed by atoms with E-state index >= 15 is 0 Å². The third-order valence-electron chi connectivity index (χ3n) is 3.00. The highest BCUT2D eigenvalue weighted by atomic mass is 17.2. The van der Waals surface area contributed by atoms with Gasteiger partial charge in [0.15, 0.2) is 0 Å². The molecule has 1 aliphatic rings. The Morgan fingerprint density at radius 3 is 2.18 bits per heavy atom. The number of rotatable bonds is 3. The predicted molar refractivity (Wildman–Crippen MR) is 52.2 cm³/mol. The van der Waals surface area contributed by atoms with Crippen LogP contribution in [0.25, 0.3) is 0 Å². The van der Waals surface area contributed by atoms with E-state index in [0.29, 0.717) is 6.42 Å². The molecule has 0 saturated carbocycles. The summed E-state index contributed by atoms with van der Waals surface area (Å²) in [5.74, 6) is -9.14. The highest BCUT2D eigenvalue weighted by Crippen LogP contribution is 2.44. The minimum absolute atomic E-state index is 0.226. The zero-order valence-corrected chi connectivity index (χ0v) is 9.57. The SMILES string of the molecule is CCCC1(OO)O[C@H](C)[C@@H](O)C(O)(O)C1(O)O. The quantitative estimate of drug-likeness (QED) is 0.195. The van der Waals surface area contributed by atoms with Crippen LogP contribution in [0.3, 0.4) is 0 Å². The van der Waals surface area contributed by atoms with Gasteiger partial charge in [-0.05, 0) is 6.92 Å². The maximum absolute atomic E-state index is 9.72. The van der Waals surface area contributed by atoms with Gasteiger partial charge in [-0.3, -0.25) is 0 Å². The van der Waals surface area contributed by atoms with Crippen molar-refractivity contribution >= 4 is 0 Å². The molecule has 102 valence electrons. The molecule has 8 heteroatoms. The normalized spacial score (nSPS) is 40.2. The molecule has 1 aliphatic heterocycles. The van der Waals surface area contributed by atoms with E-state index in [1.165, 1.54) is 6.92 Å². The molecule has 8 nitrogen and oxygen atoms in total. The average Bonchev–Trinajstić information content (AvgIpc) is 2.25. The molecule has 0 aromatic carbocycles. The van der Waals surface area contributed by atoms with E-state index in [4.69, 9.17) is 9.99 Å². The largest absolute Gasteiger partial charge is 0.385 e. The zero-order valence-electron chi connectivity index (χ0n) is 9.57. The van der Waals surface area contributed by atoms with Gasteiger partial charge in [0.05, 0.1) is 6.10 Å². The summed E-state index contributed by atoms with van der Waals surface area (Å²) >= 11 is 0. The fourth-order valence-electron chi connectivity index (χ4n) is 1.95. The zero-order chi connectivity index (χ0) is 13.5. The Morgan fingerprint density at radius 1 is 1.24 bits per heavy atom. The van der Waals surface area contributed by atoms with Crippen molar-refractivity contribution in [3.05, 3.63) is 0 Å². The summed E-state index contributed by atoms with van der Waals surface area (Å²) in [4.78, 5) is 3.94. The fraction of sp³-hybridized carbons (Fsp3) is 1.00. The van der Waals surface area contributed by atoms with Gasteiger partial charge in [-0.15, -0.1) is 0 Å². The van der Waals surface area contributed by atoms with Crippen molar-refractivity contribution in [1.29, 1.82) is 0 Å². The Morgan fingerprint density at radius 2 is 1.76 bits per heavy atom. The molecule has 1 unspecified atom stereocenters. The van der Waals surface area contributed by atoms with Crippen LogP contribution >= 0.6 is 0 Å². The van der Waals surface area contributed by atoms with Gasteiger partial charge in [0, 0.05) is 6.42 Å². The molecule has 0 aliphatic carbocycles. The maximum atomic E-state index is 9.72. The van der Waals surface area contributed by atoms with E-state index in [0.717, 1.165) is 0 Å². The molecule has 0 aromatic heterocycles. The van der Waals surface area contributed by atoms with Crippen molar-refractivity contribution in [1.82, 2.24) is 0 Å². The van der Waals surface area contributed by atoms with Gasteiger partial charge in [0.2, 0.25) is 0 Å². The van der Waals surface area contributed by atoms with Gasteiger partial charge >= 0.3 is 0 Å². The molecule has 3 atom stereocenters. The lowest BCUT2D eigenvalue weighted by Gasteiger charge is -2.53. The minimum Gasteiger partial charge on any atom is -0.385 e. The van der Waals surface area contributed by atoms with E-state index in [2.05, 4.69) is 4.89 Å². The molecule has 0 aromatic rings. The van der Waals surface area contributed by atoms with Gasteiger partial charge in [-0.1, -0.05) is 13.3 Å². The number of hydrogen-bond acceptors (Lipinski definition) is 8. The fourth-order valence-corrected chi connectivity index (χ4v) is 1.95. The summed E-state index contributed by atoms with van der Waals surface area (Å²) in [7, 11) is 0. The topological polar surface area (TPSA) is 140 Å². The van der Waals surface area contributed by atoms with Crippen molar-refractivity contribution in [3.63, 3.8) is 0 Å².